The van der Waals surface area contributed by atoms with Crippen molar-refractivity contribution in [2.75, 3.05) is 27.3 Å². The van der Waals surface area contributed by atoms with Gasteiger partial charge in [0.25, 0.3) is 0 Å². The molecule has 0 bridgehead atoms. The molecule has 0 spiro atoms. The van der Waals surface area contributed by atoms with Gasteiger partial charge in [0.15, 0.2) is 5.96 Å². The highest BCUT2D eigenvalue weighted by atomic mass is 32.1. The second-order valence-electron chi connectivity index (χ2n) is 6.89. The lowest BCUT2D eigenvalue weighted by atomic mass is 9.67. The summed E-state index contributed by atoms with van der Waals surface area (Å²) in [5.41, 5.74) is 2.57. The molecule has 1 saturated carbocycles. The Balaban J connectivity index is 1.49. The van der Waals surface area contributed by atoms with Gasteiger partial charge in [0.05, 0.1) is 12.2 Å². The molecule has 0 saturated heterocycles. The predicted octanol–water partition coefficient (Wildman–Crippen LogP) is 3.68. The molecule has 1 aliphatic carbocycles. The lowest BCUT2D eigenvalue weighted by Crippen LogP contribution is -2.46. The summed E-state index contributed by atoms with van der Waals surface area (Å²) in [6, 6.07) is 10.3. The van der Waals surface area contributed by atoms with Crippen LogP contribution in [0.3, 0.4) is 0 Å². The van der Waals surface area contributed by atoms with E-state index in [9.17, 15) is 0 Å². The predicted molar refractivity (Wildman–Crippen MR) is 109 cm³/mol. The Morgan fingerprint density at radius 2 is 2.08 bits per heavy atom. The number of hydrogen-bond acceptors (Lipinski definition) is 4. The summed E-state index contributed by atoms with van der Waals surface area (Å²) in [5.74, 6) is 0.836. The van der Waals surface area contributed by atoms with Crippen molar-refractivity contribution in [1.82, 2.24) is 15.6 Å². The second-order valence-corrected chi connectivity index (χ2v) is 7.74. The molecule has 0 aliphatic heterocycles. The van der Waals surface area contributed by atoms with Crippen molar-refractivity contribution in [3.8, 4) is 10.6 Å². The smallest absolute Gasteiger partial charge is 0.191 e. The molecule has 1 aromatic heterocycles. The quantitative estimate of drug-likeness (QED) is 0.548. The molecule has 0 amide bonds. The van der Waals surface area contributed by atoms with Crippen LogP contribution in [0.15, 0.2) is 40.7 Å². The maximum Gasteiger partial charge on any atom is 0.191 e. The zero-order valence-electron chi connectivity index (χ0n) is 15.6. The number of hydrogen-bond donors (Lipinski definition) is 2. The average Bonchev–Trinajstić information content (AvgIpc) is 3.12. The van der Waals surface area contributed by atoms with Gasteiger partial charge in [0.1, 0.15) is 5.01 Å². The lowest BCUT2D eigenvalue weighted by Gasteiger charge is -2.42. The minimum Gasteiger partial charge on any atom is -0.385 e. The first kappa shape index (κ1) is 18.9. The van der Waals surface area contributed by atoms with E-state index < -0.39 is 0 Å². The summed E-state index contributed by atoms with van der Waals surface area (Å²) < 4.78 is 5.27. The molecular weight excluding hydrogens is 344 g/mol. The first-order valence-electron chi connectivity index (χ1n) is 9.18. The van der Waals surface area contributed by atoms with Crippen molar-refractivity contribution >= 4 is 17.3 Å². The number of thiazole rings is 1. The van der Waals surface area contributed by atoms with E-state index in [-0.39, 0.29) is 0 Å². The van der Waals surface area contributed by atoms with Gasteiger partial charge in [-0.3, -0.25) is 4.99 Å². The highest BCUT2D eigenvalue weighted by Crippen LogP contribution is 2.43. The van der Waals surface area contributed by atoms with Crippen LogP contribution in [-0.4, -0.2) is 38.3 Å². The van der Waals surface area contributed by atoms with Crippen LogP contribution in [0, 0.1) is 5.41 Å². The summed E-state index contributed by atoms with van der Waals surface area (Å²) >= 11 is 1.68. The second kappa shape index (κ2) is 9.14. The molecule has 1 aliphatic rings. The van der Waals surface area contributed by atoms with Crippen LogP contribution >= 0.6 is 11.3 Å². The number of aliphatic imine (C=N–C) groups is 1. The molecule has 26 heavy (non-hydrogen) atoms. The van der Waals surface area contributed by atoms with E-state index in [1.165, 1.54) is 19.3 Å². The summed E-state index contributed by atoms with van der Waals surface area (Å²) in [6.45, 7) is 2.45. The van der Waals surface area contributed by atoms with E-state index in [2.05, 4.69) is 33.1 Å². The largest absolute Gasteiger partial charge is 0.385 e. The number of methoxy groups -OCH3 is 1. The summed E-state index contributed by atoms with van der Waals surface area (Å²) in [6.07, 6.45) is 4.97. The van der Waals surface area contributed by atoms with Crippen LogP contribution in [0.2, 0.25) is 0 Å². The fourth-order valence-electron chi connectivity index (χ4n) is 3.28. The van der Waals surface area contributed by atoms with Crippen LogP contribution in [-0.2, 0) is 11.3 Å². The minimum absolute atomic E-state index is 0.370. The normalized spacial score (nSPS) is 16.2. The number of ether oxygens (including phenoxy) is 1. The fraction of sp³-hybridized carbons (Fsp3) is 0.500. The van der Waals surface area contributed by atoms with Crippen molar-refractivity contribution in [2.24, 2.45) is 10.4 Å². The summed E-state index contributed by atoms with van der Waals surface area (Å²) in [7, 11) is 3.59. The maximum absolute atomic E-state index is 5.27. The van der Waals surface area contributed by atoms with E-state index in [1.807, 2.05) is 25.2 Å². The number of nitrogens with zero attached hydrogens (tertiary/aromatic N) is 2. The minimum atomic E-state index is 0.370. The standard InChI is InChI=1S/C20H28N4OS/c1-21-19(23-15-20(9-6-10-20)11-12-25-2)22-13-17-14-26-18(24-17)16-7-4-3-5-8-16/h3-5,7-8,14H,6,9-13,15H2,1-2H3,(H2,21,22,23). The van der Waals surface area contributed by atoms with E-state index in [4.69, 9.17) is 9.72 Å². The van der Waals surface area contributed by atoms with Gasteiger partial charge in [-0.25, -0.2) is 4.98 Å². The van der Waals surface area contributed by atoms with Crippen molar-refractivity contribution in [3.63, 3.8) is 0 Å². The molecule has 0 unspecified atom stereocenters. The third kappa shape index (κ3) is 4.83. The SMILES string of the molecule is CN=C(NCc1csc(-c2ccccc2)n1)NCC1(CCOC)CCC1. The van der Waals surface area contributed by atoms with E-state index in [0.29, 0.717) is 12.0 Å². The molecule has 2 N–H and O–H groups in total. The number of benzene rings is 1. The van der Waals surface area contributed by atoms with Gasteiger partial charge in [0, 0.05) is 38.3 Å². The molecule has 1 fully saturated rings. The molecule has 1 aromatic carbocycles. The van der Waals surface area contributed by atoms with Crippen LogP contribution in [0.5, 0.6) is 0 Å². The Kier molecular flexibility index (Phi) is 6.63. The number of rotatable bonds is 8. The highest BCUT2D eigenvalue weighted by Gasteiger charge is 2.36. The first-order chi connectivity index (χ1) is 12.7. The van der Waals surface area contributed by atoms with Crippen LogP contribution < -0.4 is 10.6 Å². The van der Waals surface area contributed by atoms with Crippen molar-refractivity contribution < 1.29 is 4.74 Å². The molecule has 0 radical (unpaired) electrons. The molecular formula is C20H28N4OS. The molecule has 0 atom stereocenters. The Hall–Kier alpha value is -1.92. The average molecular weight is 373 g/mol. The van der Waals surface area contributed by atoms with Crippen molar-refractivity contribution in [2.45, 2.75) is 32.2 Å². The van der Waals surface area contributed by atoms with E-state index in [0.717, 1.165) is 41.8 Å². The Morgan fingerprint density at radius 1 is 1.27 bits per heavy atom. The number of aromatic nitrogens is 1. The molecule has 6 heteroatoms. The van der Waals surface area contributed by atoms with Crippen molar-refractivity contribution in [1.29, 1.82) is 0 Å². The Labute approximate surface area is 159 Å². The highest BCUT2D eigenvalue weighted by molar-refractivity contribution is 7.13. The molecule has 1 heterocycles. The molecule has 2 aromatic rings. The number of nitrogens with one attached hydrogen (secondary N) is 2. The van der Waals surface area contributed by atoms with Gasteiger partial charge < -0.3 is 15.4 Å². The van der Waals surface area contributed by atoms with Gasteiger partial charge in [-0.1, -0.05) is 36.8 Å². The maximum atomic E-state index is 5.27. The fourth-order valence-corrected chi connectivity index (χ4v) is 4.10. The summed E-state index contributed by atoms with van der Waals surface area (Å²) in [4.78, 5) is 9.07. The third-order valence-corrected chi connectivity index (χ3v) is 6.05. The van der Waals surface area contributed by atoms with Gasteiger partial charge >= 0.3 is 0 Å². The zero-order valence-corrected chi connectivity index (χ0v) is 16.4. The van der Waals surface area contributed by atoms with Gasteiger partial charge in [-0.15, -0.1) is 11.3 Å². The van der Waals surface area contributed by atoms with E-state index >= 15 is 0 Å². The third-order valence-electron chi connectivity index (χ3n) is 5.11. The number of guanidine groups is 1. The van der Waals surface area contributed by atoms with Crippen LogP contribution in [0.1, 0.15) is 31.4 Å². The first-order valence-corrected chi connectivity index (χ1v) is 10.1. The Bertz CT molecular complexity index is 710. The zero-order chi connectivity index (χ0) is 18.2. The topological polar surface area (TPSA) is 58.5 Å². The summed E-state index contributed by atoms with van der Waals surface area (Å²) in [5, 5.41) is 10.0. The van der Waals surface area contributed by atoms with Gasteiger partial charge in [-0.05, 0) is 24.7 Å². The molecule has 140 valence electrons. The lowest BCUT2D eigenvalue weighted by molar-refractivity contribution is 0.0732. The van der Waals surface area contributed by atoms with Gasteiger partial charge in [-0.2, -0.15) is 0 Å². The van der Waals surface area contributed by atoms with Gasteiger partial charge in [0.2, 0.25) is 0 Å². The van der Waals surface area contributed by atoms with Crippen molar-refractivity contribution in [3.05, 3.63) is 41.4 Å². The van der Waals surface area contributed by atoms with E-state index in [1.54, 1.807) is 18.4 Å². The monoisotopic (exact) mass is 372 g/mol. The van der Waals surface area contributed by atoms with Crippen LogP contribution in [0.25, 0.3) is 10.6 Å². The van der Waals surface area contributed by atoms with Crippen LogP contribution in [0.4, 0.5) is 0 Å². The molecule has 5 nitrogen and oxygen atoms in total. The molecule has 3 rings (SSSR count). The Morgan fingerprint density at radius 3 is 2.73 bits per heavy atom.